The number of benzene rings is 1. The van der Waals surface area contributed by atoms with E-state index in [-0.39, 0.29) is 5.92 Å². The Bertz CT molecular complexity index is 586. The average molecular weight is 303 g/mol. The molecule has 0 amide bonds. The minimum absolute atomic E-state index is 0.223. The normalized spacial score (nSPS) is 31.3. The standard InChI is InChI=1S/C17H21NO4/c19-16(20)14-4-2-1-3-13(14)10-5-6-11-9-18-15(17(21)22)8-12(11)7-10/h1-4,10-12,15,18H,5-9H2,(H,19,20)(H,21,22)/t10-,11-,12+,15-/m0/s1. The molecule has 0 aromatic heterocycles. The van der Waals surface area contributed by atoms with Gasteiger partial charge in [0.2, 0.25) is 0 Å². The highest BCUT2D eigenvalue weighted by Gasteiger charge is 2.38. The number of hydrogen-bond donors (Lipinski definition) is 3. The third kappa shape index (κ3) is 2.86. The van der Waals surface area contributed by atoms with Gasteiger partial charge in [0.1, 0.15) is 6.04 Å². The molecule has 0 spiro atoms. The van der Waals surface area contributed by atoms with Crippen LogP contribution in [0.15, 0.2) is 24.3 Å². The van der Waals surface area contributed by atoms with E-state index in [1.54, 1.807) is 12.1 Å². The molecular formula is C17H21NO4. The number of carboxylic acids is 2. The van der Waals surface area contributed by atoms with Gasteiger partial charge in [-0.15, -0.1) is 0 Å². The minimum atomic E-state index is -0.883. The Labute approximate surface area is 129 Å². The van der Waals surface area contributed by atoms with Gasteiger partial charge in [-0.1, -0.05) is 18.2 Å². The molecule has 3 N–H and O–H groups in total. The Morgan fingerprint density at radius 3 is 2.55 bits per heavy atom. The molecule has 1 saturated carbocycles. The van der Waals surface area contributed by atoms with Crippen LogP contribution in [0.4, 0.5) is 0 Å². The quantitative estimate of drug-likeness (QED) is 0.798. The second-order valence-corrected chi connectivity index (χ2v) is 6.46. The molecule has 1 aliphatic carbocycles. The van der Waals surface area contributed by atoms with Crippen LogP contribution < -0.4 is 5.32 Å². The number of carboxylic acid groups (broad SMARTS) is 2. The topological polar surface area (TPSA) is 86.6 Å². The lowest BCUT2D eigenvalue weighted by atomic mass is 9.67. The maximum atomic E-state index is 11.4. The summed E-state index contributed by atoms with van der Waals surface area (Å²) in [5, 5.41) is 21.7. The van der Waals surface area contributed by atoms with Gasteiger partial charge in [-0.3, -0.25) is 4.79 Å². The van der Waals surface area contributed by atoms with Crippen LogP contribution in [0.3, 0.4) is 0 Å². The molecule has 118 valence electrons. The van der Waals surface area contributed by atoms with Crippen molar-refractivity contribution in [3.05, 3.63) is 35.4 Å². The van der Waals surface area contributed by atoms with Gasteiger partial charge >= 0.3 is 11.9 Å². The van der Waals surface area contributed by atoms with Crippen LogP contribution in [-0.4, -0.2) is 34.7 Å². The van der Waals surface area contributed by atoms with Crippen LogP contribution in [0, 0.1) is 11.8 Å². The molecule has 2 fully saturated rings. The molecule has 1 aromatic carbocycles. The largest absolute Gasteiger partial charge is 0.480 e. The Morgan fingerprint density at radius 1 is 1.05 bits per heavy atom. The molecule has 3 rings (SSSR count). The summed E-state index contributed by atoms with van der Waals surface area (Å²) in [6.07, 6.45) is 3.54. The zero-order valence-corrected chi connectivity index (χ0v) is 12.4. The summed E-state index contributed by atoms with van der Waals surface area (Å²) >= 11 is 0. The van der Waals surface area contributed by atoms with Gasteiger partial charge in [0.25, 0.3) is 0 Å². The van der Waals surface area contributed by atoms with E-state index in [0.717, 1.165) is 31.4 Å². The molecular weight excluding hydrogens is 282 g/mol. The highest BCUT2D eigenvalue weighted by atomic mass is 16.4. The van der Waals surface area contributed by atoms with Crippen LogP contribution in [0.25, 0.3) is 0 Å². The number of fused-ring (bicyclic) bond motifs is 1. The van der Waals surface area contributed by atoms with Crippen LogP contribution in [-0.2, 0) is 4.79 Å². The van der Waals surface area contributed by atoms with E-state index in [2.05, 4.69) is 5.32 Å². The fourth-order valence-electron chi connectivity index (χ4n) is 4.08. The second kappa shape index (κ2) is 6.08. The monoisotopic (exact) mass is 303 g/mol. The summed E-state index contributed by atoms with van der Waals surface area (Å²) < 4.78 is 0. The molecule has 2 aliphatic rings. The maximum absolute atomic E-state index is 11.4. The smallest absolute Gasteiger partial charge is 0.335 e. The summed E-state index contributed by atoms with van der Waals surface area (Å²) in [6, 6.07) is 6.74. The average Bonchev–Trinajstić information content (AvgIpc) is 2.53. The number of piperidine rings is 1. The van der Waals surface area contributed by atoms with E-state index >= 15 is 0 Å². The van der Waals surface area contributed by atoms with Crippen molar-refractivity contribution in [1.82, 2.24) is 5.32 Å². The Kier molecular flexibility index (Phi) is 4.16. The van der Waals surface area contributed by atoms with E-state index in [9.17, 15) is 19.8 Å². The van der Waals surface area contributed by atoms with Crippen molar-refractivity contribution in [1.29, 1.82) is 0 Å². The van der Waals surface area contributed by atoms with Crippen LogP contribution in [0.2, 0.25) is 0 Å². The lowest BCUT2D eigenvalue weighted by Gasteiger charge is -2.42. The molecule has 5 nitrogen and oxygen atoms in total. The first kappa shape index (κ1) is 15.0. The van der Waals surface area contributed by atoms with Gasteiger partial charge < -0.3 is 15.5 Å². The number of nitrogens with one attached hydrogen (secondary N) is 1. The Hall–Kier alpha value is -1.88. The SMILES string of the molecule is O=C(O)c1ccccc1[C@H]1CC[C@H]2CN[C@H](C(=O)O)C[C@H]2C1. The Balaban J connectivity index is 1.78. The molecule has 4 atom stereocenters. The molecule has 0 unspecified atom stereocenters. The highest BCUT2D eigenvalue weighted by Crippen LogP contribution is 2.43. The number of aromatic carboxylic acids is 1. The molecule has 0 radical (unpaired) electrons. The van der Waals surface area contributed by atoms with E-state index in [0.29, 0.717) is 23.8 Å². The van der Waals surface area contributed by atoms with E-state index in [4.69, 9.17) is 0 Å². The predicted octanol–water partition coefficient (Wildman–Crippen LogP) is 2.33. The molecule has 5 heteroatoms. The number of rotatable bonds is 3. The third-order valence-corrected chi connectivity index (χ3v) is 5.23. The lowest BCUT2D eigenvalue weighted by Crippen LogP contribution is -2.49. The van der Waals surface area contributed by atoms with Crippen molar-refractivity contribution in [3.63, 3.8) is 0 Å². The molecule has 1 saturated heterocycles. The van der Waals surface area contributed by atoms with Crippen molar-refractivity contribution in [2.75, 3.05) is 6.54 Å². The maximum Gasteiger partial charge on any atom is 0.335 e. The predicted molar refractivity (Wildman–Crippen MR) is 81.0 cm³/mol. The van der Waals surface area contributed by atoms with E-state index < -0.39 is 18.0 Å². The van der Waals surface area contributed by atoms with Crippen LogP contribution >= 0.6 is 0 Å². The first-order valence-electron chi connectivity index (χ1n) is 7.84. The molecule has 1 aliphatic heterocycles. The van der Waals surface area contributed by atoms with Gasteiger partial charge in [-0.2, -0.15) is 0 Å². The number of hydrogen-bond acceptors (Lipinski definition) is 3. The van der Waals surface area contributed by atoms with E-state index in [1.165, 1.54) is 0 Å². The van der Waals surface area contributed by atoms with Crippen molar-refractivity contribution < 1.29 is 19.8 Å². The van der Waals surface area contributed by atoms with Crippen molar-refractivity contribution in [2.24, 2.45) is 11.8 Å². The second-order valence-electron chi connectivity index (χ2n) is 6.46. The first-order chi connectivity index (χ1) is 10.6. The lowest BCUT2D eigenvalue weighted by molar-refractivity contribution is -0.141. The molecule has 1 heterocycles. The zero-order valence-electron chi connectivity index (χ0n) is 12.4. The highest BCUT2D eigenvalue weighted by molar-refractivity contribution is 5.89. The van der Waals surface area contributed by atoms with Crippen molar-refractivity contribution in [3.8, 4) is 0 Å². The number of carbonyl (C=O) groups is 2. The van der Waals surface area contributed by atoms with E-state index in [1.807, 2.05) is 12.1 Å². The van der Waals surface area contributed by atoms with Gasteiger partial charge in [0, 0.05) is 0 Å². The number of aliphatic carboxylic acids is 1. The molecule has 0 bridgehead atoms. The Morgan fingerprint density at radius 2 is 1.82 bits per heavy atom. The fourth-order valence-corrected chi connectivity index (χ4v) is 4.08. The summed E-state index contributed by atoms with van der Waals surface area (Å²) in [5.41, 5.74) is 1.29. The third-order valence-electron chi connectivity index (χ3n) is 5.23. The first-order valence-corrected chi connectivity index (χ1v) is 7.84. The summed E-state index contributed by atoms with van der Waals surface area (Å²) in [4.78, 5) is 22.6. The van der Waals surface area contributed by atoms with Gasteiger partial charge in [0.05, 0.1) is 5.56 Å². The summed E-state index contributed by atoms with van der Waals surface area (Å²) in [7, 11) is 0. The fraction of sp³-hybridized carbons (Fsp3) is 0.529. The molecule has 1 aromatic rings. The van der Waals surface area contributed by atoms with Crippen molar-refractivity contribution >= 4 is 11.9 Å². The van der Waals surface area contributed by atoms with Gasteiger partial charge in [0.15, 0.2) is 0 Å². The summed E-state index contributed by atoms with van der Waals surface area (Å²) in [6.45, 7) is 0.759. The minimum Gasteiger partial charge on any atom is -0.480 e. The summed E-state index contributed by atoms with van der Waals surface area (Å²) in [5.74, 6) is -0.564. The van der Waals surface area contributed by atoms with Gasteiger partial charge in [-0.05, 0) is 61.6 Å². The van der Waals surface area contributed by atoms with Gasteiger partial charge in [-0.25, -0.2) is 4.79 Å². The zero-order chi connectivity index (χ0) is 15.7. The molecule has 22 heavy (non-hydrogen) atoms. The van der Waals surface area contributed by atoms with Crippen LogP contribution in [0.1, 0.15) is 47.5 Å². The van der Waals surface area contributed by atoms with Crippen LogP contribution in [0.5, 0.6) is 0 Å². The van der Waals surface area contributed by atoms with Crippen molar-refractivity contribution in [2.45, 2.75) is 37.6 Å².